The van der Waals surface area contributed by atoms with Gasteiger partial charge in [-0.05, 0) is 6.42 Å². The summed E-state index contributed by atoms with van der Waals surface area (Å²) in [7, 11) is 0. The van der Waals surface area contributed by atoms with Gasteiger partial charge < -0.3 is 5.11 Å². The summed E-state index contributed by atoms with van der Waals surface area (Å²) in [4.78, 5) is 0. The van der Waals surface area contributed by atoms with Crippen LogP contribution in [0.4, 0.5) is 0 Å². The van der Waals surface area contributed by atoms with Crippen LogP contribution in [0.25, 0.3) is 0 Å². The molecule has 0 aliphatic carbocycles. The number of rotatable bonds is 14. The van der Waals surface area contributed by atoms with E-state index < -0.39 is 12.7 Å². The van der Waals surface area contributed by atoms with Crippen molar-refractivity contribution < 1.29 is 10.6 Å². The van der Waals surface area contributed by atoms with Gasteiger partial charge in [-0.25, -0.2) is 0 Å². The van der Waals surface area contributed by atoms with E-state index in [1.54, 1.807) is 0 Å². The maximum absolute atomic E-state index is 8.70. The molecular weight excluding hydrogens is 208 g/mol. The lowest BCUT2D eigenvalue weighted by atomic mass is 10.0. The van der Waals surface area contributed by atoms with Gasteiger partial charge in [0, 0.05) is 12.1 Å². The van der Waals surface area contributed by atoms with E-state index in [0.717, 1.165) is 38.5 Å². The van der Waals surface area contributed by atoms with E-state index in [1.807, 2.05) is 0 Å². The first-order valence-electron chi connectivity index (χ1n) is 9.48. The van der Waals surface area contributed by atoms with Gasteiger partial charge in [0.1, 0.15) is 0 Å². The van der Waals surface area contributed by atoms with Crippen LogP contribution in [0.15, 0.2) is 0 Å². The average molecular weight is 246 g/mol. The molecule has 0 unspecified atom stereocenters. The number of aliphatic hydroxyl groups is 1. The van der Waals surface area contributed by atoms with Gasteiger partial charge in [-0.15, -0.1) is 0 Å². The predicted octanol–water partition coefficient (Wildman–Crippen LogP) is 5.46. The Hall–Kier alpha value is -0.0400. The van der Waals surface area contributed by atoms with Gasteiger partial charge in [-0.1, -0.05) is 90.3 Å². The molecule has 0 spiro atoms. The number of aliphatic hydroxyl groups excluding tert-OH is 1. The average Bonchev–Trinajstić information content (AvgIpc) is 2.42. The lowest BCUT2D eigenvalue weighted by Gasteiger charge is -2.02. The SMILES string of the molecule is [2H]C([2H])(CCCCCCO)C([2H])([2H])CCCCCCCC. The van der Waals surface area contributed by atoms with Crippen molar-refractivity contribution in [3.05, 3.63) is 0 Å². The molecule has 0 rings (SSSR count). The number of hydrogen-bond donors (Lipinski definition) is 1. The zero-order valence-electron chi connectivity index (χ0n) is 15.6. The van der Waals surface area contributed by atoms with Gasteiger partial charge in [-0.3, -0.25) is 0 Å². The van der Waals surface area contributed by atoms with E-state index in [1.165, 1.54) is 19.3 Å². The summed E-state index contributed by atoms with van der Waals surface area (Å²) < 4.78 is 32.0. The first-order valence-corrected chi connectivity index (χ1v) is 7.48. The Morgan fingerprint density at radius 1 is 0.647 bits per heavy atom. The fourth-order valence-corrected chi connectivity index (χ4v) is 1.85. The van der Waals surface area contributed by atoms with Crippen LogP contribution in [-0.2, 0) is 0 Å². The van der Waals surface area contributed by atoms with Crippen molar-refractivity contribution in [1.82, 2.24) is 0 Å². The van der Waals surface area contributed by atoms with Crippen molar-refractivity contribution in [2.45, 2.75) is 96.7 Å². The molecule has 0 aromatic heterocycles. The Balaban J connectivity index is 3.90. The molecule has 1 nitrogen and oxygen atoms in total. The Labute approximate surface area is 115 Å². The molecule has 0 saturated carbocycles. The summed E-state index contributed by atoms with van der Waals surface area (Å²) in [5.41, 5.74) is 0. The first-order chi connectivity index (χ1) is 9.87. The summed E-state index contributed by atoms with van der Waals surface area (Å²) in [5.74, 6) is 0. The standard InChI is InChI=1S/C16H34O/c1-2-3-4-5-6-7-8-9-10-11-12-13-14-15-16-17/h17H,2-16H2,1H3/i9D2,10D2. The molecular formula is C16H34O. The van der Waals surface area contributed by atoms with Crippen LogP contribution >= 0.6 is 0 Å². The molecule has 17 heavy (non-hydrogen) atoms. The quantitative estimate of drug-likeness (QED) is 0.403. The molecule has 0 atom stereocenters. The molecule has 1 N–H and O–H groups in total. The van der Waals surface area contributed by atoms with Gasteiger partial charge in [0.05, 0.1) is 0 Å². The van der Waals surface area contributed by atoms with Crippen molar-refractivity contribution in [1.29, 1.82) is 0 Å². The fourth-order valence-electron chi connectivity index (χ4n) is 1.85. The van der Waals surface area contributed by atoms with Gasteiger partial charge in [-0.2, -0.15) is 0 Å². The molecule has 1 heteroatoms. The second kappa shape index (κ2) is 16.0. The molecule has 0 aromatic carbocycles. The monoisotopic (exact) mass is 246 g/mol. The van der Waals surface area contributed by atoms with E-state index in [-0.39, 0.29) is 13.0 Å². The number of unbranched alkanes of at least 4 members (excludes halogenated alkanes) is 8. The van der Waals surface area contributed by atoms with Crippen molar-refractivity contribution in [2.75, 3.05) is 6.61 Å². The summed E-state index contributed by atoms with van der Waals surface area (Å²) in [6.07, 6.45) is 6.92. The zero-order valence-corrected chi connectivity index (χ0v) is 11.6. The third kappa shape index (κ3) is 16.0. The molecule has 0 aliphatic heterocycles. The van der Waals surface area contributed by atoms with E-state index in [0.29, 0.717) is 12.8 Å². The second-order valence-corrected chi connectivity index (χ2v) is 4.76. The van der Waals surface area contributed by atoms with Crippen molar-refractivity contribution in [3.8, 4) is 0 Å². The van der Waals surface area contributed by atoms with Crippen LogP contribution < -0.4 is 0 Å². The van der Waals surface area contributed by atoms with Crippen molar-refractivity contribution in [3.63, 3.8) is 0 Å². The first kappa shape index (κ1) is 10.8. The largest absolute Gasteiger partial charge is 0.396 e. The topological polar surface area (TPSA) is 20.2 Å². The molecule has 0 bridgehead atoms. The minimum absolute atomic E-state index is 0.186. The third-order valence-electron chi connectivity index (χ3n) is 2.99. The summed E-state index contributed by atoms with van der Waals surface area (Å²) in [6, 6.07) is 0. The Bertz CT molecular complexity index is 244. The molecule has 104 valence electrons. The molecule has 0 heterocycles. The predicted molar refractivity (Wildman–Crippen MR) is 77.4 cm³/mol. The van der Waals surface area contributed by atoms with Gasteiger partial charge in [0.15, 0.2) is 0 Å². The highest BCUT2D eigenvalue weighted by Gasteiger charge is 1.93. The van der Waals surface area contributed by atoms with E-state index >= 15 is 0 Å². The summed E-state index contributed by atoms with van der Waals surface area (Å²) in [5, 5.41) is 8.70. The highest BCUT2D eigenvalue weighted by Crippen LogP contribution is 2.12. The van der Waals surface area contributed by atoms with E-state index in [9.17, 15) is 0 Å². The van der Waals surface area contributed by atoms with Crippen LogP contribution in [0.3, 0.4) is 0 Å². The maximum atomic E-state index is 8.70. The highest BCUT2D eigenvalue weighted by molar-refractivity contribution is 4.48. The van der Waals surface area contributed by atoms with Crippen LogP contribution in [0.5, 0.6) is 0 Å². The molecule has 0 radical (unpaired) electrons. The van der Waals surface area contributed by atoms with Crippen LogP contribution in [0.1, 0.15) is 102 Å². The van der Waals surface area contributed by atoms with Crippen LogP contribution in [-0.4, -0.2) is 11.7 Å². The molecule has 0 saturated heterocycles. The fraction of sp³-hybridized carbons (Fsp3) is 1.00. The Morgan fingerprint density at radius 2 is 1.06 bits per heavy atom. The lowest BCUT2D eigenvalue weighted by molar-refractivity contribution is 0.282. The molecule has 0 amide bonds. The minimum atomic E-state index is -1.74. The van der Waals surface area contributed by atoms with Gasteiger partial charge in [0.2, 0.25) is 0 Å². The van der Waals surface area contributed by atoms with Gasteiger partial charge in [0.25, 0.3) is 0 Å². The smallest absolute Gasteiger partial charge is 0.0431 e. The van der Waals surface area contributed by atoms with Gasteiger partial charge >= 0.3 is 0 Å². The lowest BCUT2D eigenvalue weighted by Crippen LogP contribution is -1.84. The van der Waals surface area contributed by atoms with Crippen molar-refractivity contribution in [2.24, 2.45) is 0 Å². The second-order valence-electron chi connectivity index (χ2n) is 4.76. The van der Waals surface area contributed by atoms with E-state index in [2.05, 4.69) is 6.92 Å². The zero-order chi connectivity index (χ0) is 16.2. The van der Waals surface area contributed by atoms with E-state index in [4.69, 9.17) is 10.6 Å². The normalized spacial score (nSPS) is 16.1. The summed E-state index contributed by atoms with van der Waals surface area (Å²) >= 11 is 0. The van der Waals surface area contributed by atoms with Crippen molar-refractivity contribution >= 4 is 0 Å². The highest BCUT2D eigenvalue weighted by atomic mass is 16.2. The number of hydrogen-bond acceptors (Lipinski definition) is 1. The maximum Gasteiger partial charge on any atom is 0.0431 e. The summed E-state index contributed by atoms with van der Waals surface area (Å²) in [6.45, 7) is 2.36. The molecule has 0 aliphatic rings. The Kier molecular flexibility index (Phi) is 10.2. The van der Waals surface area contributed by atoms with Crippen LogP contribution in [0, 0.1) is 0 Å². The van der Waals surface area contributed by atoms with Crippen LogP contribution in [0.2, 0.25) is 0 Å². The third-order valence-corrected chi connectivity index (χ3v) is 2.99. The molecule has 0 aromatic rings. The minimum Gasteiger partial charge on any atom is -0.396 e. The molecule has 0 fully saturated rings. The Morgan fingerprint density at radius 3 is 1.53 bits per heavy atom.